The molecule has 2 heterocycles. The number of unbranched alkanes of at least 4 members (excludes halogenated alkanes) is 1. The normalized spacial score (nSPS) is 19.0. The molecule has 5 heteroatoms. The Balaban J connectivity index is 1.84. The van der Waals surface area contributed by atoms with E-state index in [1.54, 1.807) is 0 Å². The SMILES string of the molecule is C=CCCCN(C)C(=NCC1CCCN(Cc2cccs2)C1)NCC. The first-order chi connectivity index (χ1) is 12.2. The van der Waals surface area contributed by atoms with E-state index >= 15 is 0 Å². The van der Waals surface area contributed by atoms with E-state index < -0.39 is 0 Å². The fourth-order valence-electron chi connectivity index (χ4n) is 3.33. The second kappa shape index (κ2) is 11.3. The number of nitrogens with one attached hydrogen (secondary N) is 1. The molecule has 0 radical (unpaired) electrons. The van der Waals surface area contributed by atoms with E-state index in [0.717, 1.165) is 45.0 Å². The summed E-state index contributed by atoms with van der Waals surface area (Å²) in [6.07, 6.45) is 6.76. The Bertz CT molecular complexity index is 512. The quantitative estimate of drug-likeness (QED) is 0.313. The standard InChI is InChI=1S/C20H34N4S/c1-4-6-7-12-23(3)20(21-5-2)22-15-18-10-8-13-24(16-18)17-19-11-9-14-25-19/h4,9,11,14,18H,1,5-8,10,12-13,15-17H2,2-3H3,(H,21,22). The summed E-state index contributed by atoms with van der Waals surface area (Å²) in [7, 11) is 2.13. The maximum Gasteiger partial charge on any atom is 0.193 e. The van der Waals surface area contributed by atoms with E-state index in [1.165, 1.54) is 30.8 Å². The Labute approximate surface area is 157 Å². The van der Waals surface area contributed by atoms with Crippen molar-refractivity contribution in [1.29, 1.82) is 0 Å². The number of hydrogen-bond donors (Lipinski definition) is 1. The first kappa shape index (κ1) is 20.0. The van der Waals surface area contributed by atoms with Crippen LogP contribution in [0.3, 0.4) is 0 Å². The fraction of sp³-hybridized carbons (Fsp3) is 0.650. The summed E-state index contributed by atoms with van der Waals surface area (Å²) < 4.78 is 0. The van der Waals surface area contributed by atoms with Crippen LogP contribution in [0.5, 0.6) is 0 Å². The van der Waals surface area contributed by atoms with Gasteiger partial charge >= 0.3 is 0 Å². The predicted molar refractivity (Wildman–Crippen MR) is 110 cm³/mol. The molecule has 2 rings (SSSR count). The molecule has 1 N–H and O–H groups in total. The van der Waals surface area contributed by atoms with Crippen LogP contribution in [-0.2, 0) is 6.54 Å². The van der Waals surface area contributed by atoms with Gasteiger partial charge in [0.2, 0.25) is 0 Å². The Morgan fingerprint density at radius 3 is 3.16 bits per heavy atom. The van der Waals surface area contributed by atoms with Gasteiger partial charge in [-0.2, -0.15) is 0 Å². The van der Waals surface area contributed by atoms with Crippen molar-refractivity contribution in [2.45, 2.75) is 39.2 Å². The van der Waals surface area contributed by atoms with Gasteiger partial charge in [-0.05, 0) is 56.5 Å². The van der Waals surface area contributed by atoms with Crippen molar-refractivity contribution in [2.75, 3.05) is 39.8 Å². The summed E-state index contributed by atoms with van der Waals surface area (Å²) in [6.45, 7) is 12.3. The van der Waals surface area contributed by atoms with Crippen molar-refractivity contribution in [3.63, 3.8) is 0 Å². The van der Waals surface area contributed by atoms with Gasteiger partial charge in [0.25, 0.3) is 0 Å². The van der Waals surface area contributed by atoms with Gasteiger partial charge in [0.1, 0.15) is 0 Å². The predicted octanol–water partition coefficient (Wildman–Crippen LogP) is 3.82. The van der Waals surface area contributed by atoms with Gasteiger partial charge < -0.3 is 10.2 Å². The average Bonchev–Trinajstić information content (AvgIpc) is 3.12. The molecular weight excluding hydrogens is 328 g/mol. The van der Waals surface area contributed by atoms with Gasteiger partial charge in [-0.25, -0.2) is 0 Å². The minimum atomic E-state index is 0.670. The molecule has 0 bridgehead atoms. The molecule has 1 aliphatic rings. The third-order valence-corrected chi connectivity index (χ3v) is 5.52. The lowest BCUT2D eigenvalue weighted by molar-refractivity contribution is 0.172. The number of aliphatic imine (C=N–C) groups is 1. The molecule has 0 amide bonds. The van der Waals surface area contributed by atoms with Gasteiger partial charge in [-0.15, -0.1) is 17.9 Å². The van der Waals surface area contributed by atoms with Crippen molar-refractivity contribution in [3.05, 3.63) is 35.0 Å². The molecule has 1 aromatic rings. The molecule has 1 saturated heterocycles. The summed E-state index contributed by atoms with van der Waals surface area (Å²) in [4.78, 5) is 11.2. The van der Waals surface area contributed by atoms with Crippen LogP contribution in [0.4, 0.5) is 0 Å². The van der Waals surface area contributed by atoms with Crippen LogP contribution in [0.2, 0.25) is 0 Å². The second-order valence-electron chi connectivity index (χ2n) is 6.87. The molecule has 25 heavy (non-hydrogen) atoms. The second-order valence-corrected chi connectivity index (χ2v) is 7.90. The molecular formula is C20H34N4S. The molecule has 0 aromatic carbocycles. The summed E-state index contributed by atoms with van der Waals surface area (Å²) in [5.74, 6) is 1.71. The maximum atomic E-state index is 4.93. The summed E-state index contributed by atoms with van der Waals surface area (Å²) in [5, 5.41) is 5.61. The van der Waals surface area contributed by atoms with E-state index in [0.29, 0.717) is 5.92 Å². The van der Waals surface area contributed by atoms with Crippen LogP contribution >= 0.6 is 11.3 Å². The van der Waals surface area contributed by atoms with E-state index in [-0.39, 0.29) is 0 Å². The van der Waals surface area contributed by atoms with Crippen LogP contribution in [0, 0.1) is 5.92 Å². The van der Waals surface area contributed by atoms with Crippen LogP contribution in [0.1, 0.15) is 37.5 Å². The van der Waals surface area contributed by atoms with Crippen molar-refractivity contribution >= 4 is 17.3 Å². The first-order valence-electron chi connectivity index (χ1n) is 9.58. The topological polar surface area (TPSA) is 30.9 Å². The van der Waals surface area contributed by atoms with E-state index in [4.69, 9.17) is 4.99 Å². The molecule has 0 spiro atoms. The highest BCUT2D eigenvalue weighted by Crippen LogP contribution is 2.20. The molecule has 1 atom stereocenters. The van der Waals surface area contributed by atoms with Crippen LogP contribution in [0.15, 0.2) is 35.2 Å². The lowest BCUT2D eigenvalue weighted by Crippen LogP contribution is -2.41. The summed E-state index contributed by atoms with van der Waals surface area (Å²) >= 11 is 1.86. The van der Waals surface area contributed by atoms with Crippen molar-refractivity contribution in [1.82, 2.24) is 15.1 Å². The zero-order chi connectivity index (χ0) is 17.9. The van der Waals surface area contributed by atoms with Crippen molar-refractivity contribution in [2.24, 2.45) is 10.9 Å². The molecule has 4 nitrogen and oxygen atoms in total. The van der Waals surface area contributed by atoms with Gasteiger partial charge in [-0.3, -0.25) is 9.89 Å². The summed E-state index contributed by atoms with van der Waals surface area (Å²) in [5.41, 5.74) is 0. The number of thiophene rings is 1. The number of nitrogens with zero attached hydrogens (tertiary/aromatic N) is 3. The monoisotopic (exact) mass is 362 g/mol. The van der Waals surface area contributed by atoms with E-state index in [9.17, 15) is 0 Å². The fourth-order valence-corrected chi connectivity index (χ4v) is 4.08. The highest BCUT2D eigenvalue weighted by Gasteiger charge is 2.20. The zero-order valence-electron chi connectivity index (χ0n) is 15.9. The van der Waals surface area contributed by atoms with E-state index in [1.807, 2.05) is 17.4 Å². The van der Waals surface area contributed by atoms with Crippen molar-refractivity contribution in [3.8, 4) is 0 Å². The zero-order valence-corrected chi connectivity index (χ0v) is 16.7. The van der Waals surface area contributed by atoms with Crippen LogP contribution in [0.25, 0.3) is 0 Å². The smallest absolute Gasteiger partial charge is 0.193 e. The maximum absolute atomic E-state index is 4.93. The lowest BCUT2D eigenvalue weighted by atomic mass is 9.98. The lowest BCUT2D eigenvalue weighted by Gasteiger charge is -2.32. The molecule has 0 saturated carbocycles. The average molecular weight is 363 g/mol. The van der Waals surface area contributed by atoms with Crippen molar-refractivity contribution < 1.29 is 0 Å². The van der Waals surface area contributed by atoms with Gasteiger partial charge in [0.15, 0.2) is 5.96 Å². The highest BCUT2D eigenvalue weighted by atomic mass is 32.1. The number of piperidine rings is 1. The highest BCUT2D eigenvalue weighted by molar-refractivity contribution is 7.09. The molecule has 1 aliphatic heterocycles. The van der Waals surface area contributed by atoms with Crippen LogP contribution in [-0.4, -0.2) is 55.5 Å². The Hall–Kier alpha value is -1.33. The number of rotatable bonds is 9. The minimum absolute atomic E-state index is 0.670. The Morgan fingerprint density at radius 2 is 2.44 bits per heavy atom. The van der Waals surface area contributed by atoms with Gasteiger partial charge in [0.05, 0.1) is 0 Å². The largest absolute Gasteiger partial charge is 0.357 e. The molecule has 1 fully saturated rings. The molecule has 140 valence electrons. The number of allylic oxidation sites excluding steroid dienone is 1. The molecule has 1 unspecified atom stereocenters. The first-order valence-corrected chi connectivity index (χ1v) is 10.5. The number of hydrogen-bond acceptors (Lipinski definition) is 3. The van der Waals surface area contributed by atoms with E-state index in [2.05, 4.69) is 53.2 Å². The third kappa shape index (κ3) is 7.20. The Kier molecular flexibility index (Phi) is 9.05. The van der Waals surface area contributed by atoms with Gasteiger partial charge in [-0.1, -0.05) is 12.1 Å². The summed E-state index contributed by atoms with van der Waals surface area (Å²) in [6, 6.07) is 4.39. The Morgan fingerprint density at radius 1 is 1.56 bits per heavy atom. The van der Waals surface area contributed by atoms with Crippen LogP contribution < -0.4 is 5.32 Å². The molecule has 1 aromatic heterocycles. The molecule has 0 aliphatic carbocycles. The minimum Gasteiger partial charge on any atom is -0.357 e. The number of likely N-dealkylation sites (tertiary alicyclic amines) is 1. The van der Waals surface area contributed by atoms with Gasteiger partial charge in [0, 0.05) is 44.6 Å². The number of guanidine groups is 1. The third-order valence-electron chi connectivity index (χ3n) is 4.66.